The number of Topliss-reactive ketones (excluding diaryl/α,β-unsaturated/α-hetero) is 1. The molecule has 5 rings (SSSR count). The number of carbonyl (C=O) groups is 7. The van der Waals surface area contributed by atoms with E-state index in [0.29, 0.717) is 32.1 Å². The van der Waals surface area contributed by atoms with Crippen molar-refractivity contribution in [3.05, 3.63) is 0 Å². The summed E-state index contributed by atoms with van der Waals surface area (Å²) < 4.78 is 44.6. The fourth-order valence-electron chi connectivity index (χ4n) is 10.8. The van der Waals surface area contributed by atoms with Gasteiger partial charge in [0.05, 0.1) is 13.2 Å². The van der Waals surface area contributed by atoms with Gasteiger partial charge in [0.15, 0.2) is 36.8 Å². The van der Waals surface area contributed by atoms with Crippen molar-refractivity contribution >= 4 is 41.6 Å². The molecule has 16 heteroatoms. The second kappa shape index (κ2) is 15.8. The van der Waals surface area contributed by atoms with Gasteiger partial charge in [0, 0.05) is 52.4 Å². The molecule has 1 heterocycles. The lowest BCUT2D eigenvalue weighted by atomic mass is 9.44. The number of ketones is 1. The Morgan fingerprint density at radius 2 is 1.44 bits per heavy atom. The SMILES string of the molecule is COC(=O)[C@@H]1O[C@@H](O[C@@H]2CC[C@]3(C)[C@H](CC[C@H]4[C@H]5CC[C@](O)([C@@H](COC(C)=O)OC(C)=O)[C@]5(C)CC(=O)[C@@H]43)C2)[C@H](OC(C)=O)[C@@H](OC(C)=O)[C@@H]1OC(C)=O. The van der Waals surface area contributed by atoms with Crippen molar-refractivity contribution in [2.24, 2.45) is 34.5 Å². The predicted octanol–water partition coefficient (Wildman–Crippen LogP) is 2.51. The number of rotatable bonds is 10. The molecule has 5 aliphatic rings. The zero-order valence-electron chi connectivity index (χ0n) is 32.3. The van der Waals surface area contributed by atoms with Crippen LogP contribution >= 0.6 is 0 Å². The van der Waals surface area contributed by atoms with Crippen molar-refractivity contribution in [2.75, 3.05) is 13.7 Å². The molecule has 4 aliphatic carbocycles. The maximum absolute atomic E-state index is 14.4. The van der Waals surface area contributed by atoms with Gasteiger partial charge in [-0.2, -0.15) is 0 Å². The summed E-state index contributed by atoms with van der Waals surface area (Å²) in [6.45, 7) is 9.56. The number of esters is 6. The van der Waals surface area contributed by atoms with Crippen molar-refractivity contribution in [1.29, 1.82) is 0 Å². The predicted molar refractivity (Wildman–Crippen MR) is 181 cm³/mol. The van der Waals surface area contributed by atoms with Crippen LogP contribution in [0.15, 0.2) is 0 Å². The van der Waals surface area contributed by atoms with Gasteiger partial charge in [-0.1, -0.05) is 13.8 Å². The van der Waals surface area contributed by atoms with Crippen LogP contribution in [0.5, 0.6) is 0 Å². The average molecular weight is 767 g/mol. The van der Waals surface area contributed by atoms with Crippen molar-refractivity contribution in [1.82, 2.24) is 0 Å². The molecule has 0 aromatic rings. The Bertz CT molecular complexity index is 1510. The zero-order valence-corrected chi connectivity index (χ0v) is 32.3. The van der Waals surface area contributed by atoms with Crippen LogP contribution < -0.4 is 0 Å². The van der Waals surface area contributed by atoms with Crippen molar-refractivity contribution in [3.63, 3.8) is 0 Å². The van der Waals surface area contributed by atoms with Gasteiger partial charge in [-0.3, -0.25) is 28.8 Å². The van der Waals surface area contributed by atoms with E-state index in [1.807, 2.05) is 6.92 Å². The highest BCUT2D eigenvalue weighted by Crippen LogP contribution is 2.68. The molecule has 4 saturated carbocycles. The van der Waals surface area contributed by atoms with Crippen LogP contribution in [0.3, 0.4) is 0 Å². The highest BCUT2D eigenvalue weighted by Gasteiger charge is 2.70. The first-order valence-electron chi connectivity index (χ1n) is 18.7. The Morgan fingerprint density at radius 1 is 0.815 bits per heavy atom. The number of hydrogen-bond acceptors (Lipinski definition) is 16. The molecule has 1 N–H and O–H groups in total. The Morgan fingerprint density at radius 3 is 2.04 bits per heavy atom. The maximum Gasteiger partial charge on any atom is 0.339 e. The molecule has 0 amide bonds. The van der Waals surface area contributed by atoms with Gasteiger partial charge < -0.3 is 43.0 Å². The average Bonchev–Trinajstić information content (AvgIpc) is 3.34. The second-order valence-electron chi connectivity index (χ2n) is 16.2. The van der Waals surface area contributed by atoms with Gasteiger partial charge in [0.2, 0.25) is 0 Å². The van der Waals surface area contributed by atoms with E-state index in [0.717, 1.165) is 34.3 Å². The molecule has 302 valence electrons. The fraction of sp³-hybridized carbons (Fsp3) is 0.816. The topological polar surface area (TPSA) is 214 Å². The number of fused-ring (bicyclic) bond motifs is 5. The normalized spacial score (nSPS) is 40.4. The van der Waals surface area contributed by atoms with Gasteiger partial charge in [-0.25, -0.2) is 4.79 Å². The summed E-state index contributed by atoms with van der Waals surface area (Å²) in [5.74, 6) is -4.76. The minimum absolute atomic E-state index is 0.0331. The van der Waals surface area contributed by atoms with Crippen LogP contribution in [-0.2, 0) is 71.5 Å². The first-order valence-corrected chi connectivity index (χ1v) is 18.7. The van der Waals surface area contributed by atoms with E-state index < -0.39 is 95.2 Å². The quantitative estimate of drug-likeness (QED) is 0.192. The van der Waals surface area contributed by atoms with Crippen molar-refractivity contribution < 1.29 is 76.6 Å². The summed E-state index contributed by atoms with van der Waals surface area (Å²) in [5.41, 5.74) is -2.91. The Balaban J connectivity index is 1.37. The molecule has 54 heavy (non-hydrogen) atoms. The lowest BCUT2D eigenvalue weighted by Crippen LogP contribution is -2.65. The molecule has 0 spiro atoms. The van der Waals surface area contributed by atoms with Gasteiger partial charge in [0.25, 0.3) is 0 Å². The van der Waals surface area contributed by atoms with Crippen molar-refractivity contribution in [3.8, 4) is 0 Å². The van der Waals surface area contributed by atoms with E-state index in [9.17, 15) is 38.7 Å². The van der Waals surface area contributed by atoms with E-state index in [2.05, 4.69) is 6.92 Å². The molecule has 5 fully saturated rings. The number of carbonyl (C=O) groups excluding carboxylic acids is 7. The van der Waals surface area contributed by atoms with E-state index in [-0.39, 0.29) is 48.9 Å². The third-order valence-corrected chi connectivity index (χ3v) is 13.0. The molecule has 14 atom stereocenters. The van der Waals surface area contributed by atoms with E-state index >= 15 is 0 Å². The number of ether oxygens (including phenoxy) is 8. The van der Waals surface area contributed by atoms with Crippen LogP contribution in [0.25, 0.3) is 0 Å². The van der Waals surface area contributed by atoms with E-state index in [1.165, 1.54) is 13.8 Å². The monoisotopic (exact) mass is 766 g/mol. The first kappa shape index (κ1) is 41.5. The van der Waals surface area contributed by atoms with Crippen molar-refractivity contribution in [2.45, 2.75) is 148 Å². The summed E-state index contributed by atoms with van der Waals surface area (Å²) in [5, 5.41) is 12.3. The molecule has 0 radical (unpaired) electrons. The highest BCUT2D eigenvalue weighted by atomic mass is 16.7. The van der Waals surface area contributed by atoms with Gasteiger partial charge in [0.1, 0.15) is 18.0 Å². The molecule has 0 aromatic heterocycles. The maximum atomic E-state index is 14.4. The molecular weight excluding hydrogens is 712 g/mol. The standard InChI is InChI=1S/C38H54O16/c1-18(39)48-17-28(49-19(2)40)38(46)14-12-26-25-10-9-23-15-24(11-13-36(23,6)29(25)27(44)16-37(26,38)7)53-35-33(52-22(5)43)31(51-21(4)42)30(50-20(3)41)32(54-35)34(45)47-8/h23-26,28-33,35,46H,9-17H2,1-8H3/t23-,24-,25+,26-,28-,29-,30+,31+,32-,33-,35-,36-,37-,38+/m1/s1. The lowest BCUT2D eigenvalue weighted by Gasteiger charge is -2.61. The third-order valence-electron chi connectivity index (χ3n) is 13.0. The largest absolute Gasteiger partial charge is 0.467 e. The smallest absolute Gasteiger partial charge is 0.339 e. The van der Waals surface area contributed by atoms with Gasteiger partial charge >= 0.3 is 35.8 Å². The van der Waals surface area contributed by atoms with Gasteiger partial charge in [-0.15, -0.1) is 0 Å². The third kappa shape index (κ3) is 7.75. The number of methoxy groups -OCH3 is 1. The summed E-state index contributed by atoms with van der Waals surface area (Å²) >= 11 is 0. The first-order chi connectivity index (χ1) is 25.2. The molecule has 0 unspecified atom stereocenters. The Kier molecular flexibility index (Phi) is 12.2. The van der Waals surface area contributed by atoms with Crippen LogP contribution in [0.4, 0.5) is 0 Å². The molecule has 0 bridgehead atoms. The Labute approximate surface area is 314 Å². The van der Waals surface area contributed by atoms with E-state index in [4.69, 9.17) is 37.9 Å². The summed E-state index contributed by atoms with van der Waals surface area (Å²) in [6, 6.07) is 0. The lowest BCUT2D eigenvalue weighted by molar-refractivity contribution is -0.314. The summed E-state index contributed by atoms with van der Waals surface area (Å²) in [7, 11) is 1.12. The number of aliphatic hydroxyl groups is 1. The molecule has 1 saturated heterocycles. The van der Waals surface area contributed by atoms with Crippen LogP contribution in [-0.4, -0.2) is 109 Å². The molecular formula is C38H54O16. The summed E-state index contributed by atoms with van der Waals surface area (Å²) in [6.07, 6.45) is -4.94. The molecule has 1 aliphatic heterocycles. The van der Waals surface area contributed by atoms with Crippen LogP contribution in [0, 0.1) is 34.5 Å². The molecule has 0 aromatic carbocycles. The Hall–Kier alpha value is -3.63. The minimum atomic E-state index is -1.58. The van der Waals surface area contributed by atoms with E-state index in [1.54, 1.807) is 0 Å². The highest BCUT2D eigenvalue weighted by molar-refractivity contribution is 5.84. The van der Waals surface area contributed by atoms with Crippen LogP contribution in [0.1, 0.15) is 99.8 Å². The van der Waals surface area contributed by atoms with Crippen LogP contribution in [0.2, 0.25) is 0 Å². The zero-order chi connectivity index (χ0) is 39.9. The second-order valence-corrected chi connectivity index (χ2v) is 16.2. The summed E-state index contributed by atoms with van der Waals surface area (Å²) in [4.78, 5) is 87.7. The number of hydrogen-bond donors (Lipinski definition) is 1. The van der Waals surface area contributed by atoms with Gasteiger partial charge in [-0.05, 0) is 68.1 Å². The fourth-order valence-corrected chi connectivity index (χ4v) is 10.8. The minimum Gasteiger partial charge on any atom is -0.467 e. The molecule has 16 nitrogen and oxygen atoms in total.